The number of aliphatic hydroxyl groups excluding tert-OH is 1. The summed E-state index contributed by atoms with van der Waals surface area (Å²) in [5.74, 6) is -0.412. The van der Waals surface area contributed by atoms with E-state index in [2.05, 4.69) is 15.1 Å². The predicted octanol–water partition coefficient (Wildman–Crippen LogP) is 4.92. The number of piperazine rings is 1. The monoisotopic (exact) mass is 689 g/mol. The predicted molar refractivity (Wildman–Crippen MR) is 186 cm³/mol. The van der Waals surface area contributed by atoms with E-state index >= 15 is 0 Å². The van der Waals surface area contributed by atoms with E-state index in [0.717, 1.165) is 79.9 Å². The van der Waals surface area contributed by atoms with E-state index in [1.54, 1.807) is 29.7 Å². The molecule has 0 unspecified atom stereocenters. The van der Waals surface area contributed by atoms with Crippen molar-refractivity contribution in [2.45, 2.75) is 76.6 Å². The zero-order chi connectivity index (χ0) is 35.3. The van der Waals surface area contributed by atoms with Crippen LogP contribution in [-0.2, 0) is 32.2 Å². The fourth-order valence-electron chi connectivity index (χ4n) is 6.36. The largest absolute Gasteiger partial charge is 0.392 e. The number of carbonyl (C=O) groups excluding carboxylic acids is 2. The maximum absolute atomic E-state index is 12.4. The molecule has 2 aliphatic rings. The minimum atomic E-state index is -0.579. The van der Waals surface area contributed by atoms with Gasteiger partial charge in [-0.2, -0.15) is 0 Å². The summed E-state index contributed by atoms with van der Waals surface area (Å²) < 4.78 is 13.1. The van der Waals surface area contributed by atoms with Gasteiger partial charge in [0, 0.05) is 81.9 Å². The van der Waals surface area contributed by atoms with Crippen LogP contribution < -0.4 is 15.7 Å². The van der Waals surface area contributed by atoms with Crippen LogP contribution in [0.5, 0.6) is 0 Å². The maximum Gasteiger partial charge on any atom is 0.269 e. The number of anilines is 1. The lowest BCUT2D eigenvalue weighted by Gasteiger charge is -2.41. The SMILES string of the molecule is O=C(CCCCCCC(=O)NCc1ccc([C@H]2O[C@@H](CN3CCN(c4ccc([N+](=O)[O-])cc4)CC3)C[C@@H](c3ccc(CO)cc3)O2)cc1)NO. The molecule has 2 aliphatic heterocycles. The Labute approximate surface area is 292 Å². The van der Waals surface area contributed by atoms with Crippen molar-refractivity contribution in [2.75, 3.05) is 37.6 Å². The average Bonchev–Trinajstić information content (AvgIpc) is 3.15. The molecule has 3 aromatic rings. The first-order valence-electron chi connectivity index (χ1n) is 17.3. The molecule has 0 aliphatic carbocycles. The van der Waals surface area contributed by atoms with Crippen molar-refractivity contribution in [3.8, 4) is 0 Å². The minimum absolute atomic E-state index is 0.0207. The molecule has 2 amide bonds. The Kier molecular flexibility index (Phi) is 13.7. The highest BCUT2D eigenvalue weighted by Gasteiger charge is 2.34. The number of hydrogen-bond donors (Lipinski definition) is 4. The van der Waals surface area contributed by atoms with Crippen molar-refractivity contribution in [1.82, 2.24) is 15.7 Å². The lowest BCUT2D eigenvalue weighted by molar-refractivity contribution is -0.384. The molecule has 0 aromatic heterocycles. The number of nitrogens with one attached hydrogen (secondary N) is 2. The van der Waals surface area contributed by atoms with E-state index in [0.29, 0.717) is 25.8 Å². The number of non-ortho nitro benzene ring substituents is 1. The first kappa shape index (κ1) is 36.9. The number of nitrogens with zero attached hydrogens (tertiary/aromatic N) is 3. The second-order valence-corrected chi connectivity index (χ2v) is 12.9. The zero-order valence-corrected chi connectivity index (χ0v) is 28.2. The highest BCUT2D eigenvalue weighted by Crippen LogP contribution is 2.38. The van der Waals surface area contributed by atoms with E-state index in [1.807, 2.05) is 48.5 Å². The third kappa shape index (κ3) is 10.8. The minimum Gasteiger partial charge on any atom is -0.392 e. The normalized spacial score (nSPS) is 19.6. The lowest BCUT2D eigenvalue weighted by Crippen LogP contribution is -2.49. The Morgan fingerprint density at radius 2 is 1.42 bits per heavy atom. The fourth-order valence-corrected chi connectivity index (χ4v) is 6.36. The number of aliphatic hydroxyl groups is 1. The first-order chi connectivity index (χ1) is 24.3. The summed E-state index contributed by atoms with van der Waals surface area (Å²) >= 11 is 0. The van der Waals surface area contributed by atoms with Gasteiger partial charge in [-0.3, -0.25) is 29.8 Å². The van der Waals surface area contributed by atoms with Gasteiger partial charge in [0.15, 0.2) is 6.29 Å². The fraction of sp³-hybridized carbons (Fsp3) is 0.459. The standard InChI is InChI=1S/C37H47N5O8/c43-26-28-9-11-29(12-10-28)34-23-33(25-40-19-21-41(22-20-40)31-15-17-32(18-16-31)42(47)48)49-37(50-34)30-13-7-27(8-14-30)24-38-35(44)5-3-1-2-4-6-36(45)39-46/h7-18,33-34,37,43,46H,1-6,19-26H2,(H,38,44)(H,39,45)/t33-,34+,37+/m1/s1. The van der Waals surface area contributed by atoms with Crippen LogP contribution >= 0.6 is 0 Å². The van der Waals surface area contributed by atoms with Crippen LogP contribution in [0.2, 0.25) is 0 Å². The molecule has 0 saturated carbocycles. The van der Waals surface area contributed by atoms with Crippen LogP contribution in [0.15, 0.2) is 72.8 Å². The Morgan fingerprint density at radius 3 is 2.04 bits per heavy atom. The summed E-state index contributed by atoms with van der Waals surface area (Å²) in [7, 11) is 0. The van der Waals surface area contributed by atoms with E-state index in [1.165, 1.54) is 0 Å². The van der Waals surface area contributed by atoms with Gasteiger partial charge in [-0.1, -0.05) is 61.4 Å². The topological polar surface area (TPSA) is 167 Å². The van der Waals surface area contributed by atoms with Crippen molar-refractivity contribution in [1.29, 1.82) is 0 Å². The number of carbonyl (C=O) groups is 2. The Hall–Kier alpha value is -4.40. The van der Waals surface area contributed by atoms with Gasteiger partial charge in [-0.15, -0.1) is 0 Å². The van der Waals surface area contributed by atoms with Crippen molar-refractivity contribution in [2.24, 2.45) is 0 Å². The molecule has 2 heterocycles. The molecule has 3 aromatic carbocycles. The highest BCUT2D eigenvalue weighted by atomic mass is 16.7. The van der Waals surface area contributed by atoms with E-state index < -0.39 is 12.2 Å². The van der Waals surface area contributed by atoms with Crippen LogP contribution in [0.4, 0.5) is 11.4 Å². The van der Waals surface area contributed by atoms with Gasteiger partial charge in [-0.05, 0) is 41.7 Å². The smallest absolute Gasteiger partial charge is 0.269 e. The molecular weight excluding hydrogens is 642 g/mol. The number of amides is 2. The molecule has 4 N–H and O–H groups in total. The van der Waals surface area contributed by atoms with Crippen molar-refractivity contribution < 1.29 is 34.3 Å². The highest BCUT2D eigenvalue weighted by molar-refractivity contribution is 5.75. The van der Waals surface area contributed by atoms with Crippen LogP contribution in [0, 0.1) is 10.1 Å². The van der Waals surface area contributed by atoms with Crippen molar-refractivity contribution >= 4 is 23.2 Å². The third-order valence-electron chi connectivity index (χ3n) is 9.30. The molecule has 0 spiro atoms. The van der Waals surface area contributed by atoms with Crippen molar-refractivity contribution in [3.05, 3.63) is 105 Å². The van der Waals surface area contributed by atoms with Crippen molar-refractivity contribution in [3.63, 3.8) is 0 Å². The van der Waals surface area contributed by atoms with Gasteiger partial charge in [0.1, 0.15) is 0 Å². The number of hydroxylamine groups is 1. The molecule has 13 heteroatoms. The molecule has 0 bridgehead atoms. The Morgan fingerprint density at radius 1 is 0.800 bits per heavy atom. The number of unbranched alkanes of at least 4 members (excludes halogenated alkanes) is 3. The molecule has 5 rings (SSSR count). The zero-order valence-electron chi connectivity index (χ0n) is 28.2. The van der Waals surface area contributed by atoms with Gasteiger partial charge in [-0.25, -0.2) is 5.48 Å². The van der Waals surface area contributed by atoms with E-state index in [-0.39, 0.29) is 41.8 Å². The number of ether oxygens (including phenoxy) is 2. The summed E-state index contributed by atoms with van der Waals surface area (Å²) in [6, 6.07) is 22.4. The van der Waals surface area contributed by atoms with Gasteiger partial charge < -0.3 is 24.8 Å². The lowest BCUT2D eigenvalue weighted by atomic mass is 9.99. The average molecular weight is 690 g/mol. The molecule has 2 fully saturated rings. The molecule has 2 saturated heterocycles. The quantitative estimate of drug-likeness (QED) is 0.0702. The number of rotatable bonds is 16. The molecular formula is C37H47N5O8. The Balaban J connectivity index is 1.14. The summed E-state index contributed by atoms with van der Waals surface area (Å²) in [4.78, 5) is 38.7. The molecule has 268 valence electrons. The number of nitro benzene ring substituents is 1. The van der Waals surface area contributed by atoms with Crippen LogP contribution in [-0.4, -0.2) is 70.8 Å². The van der Waals surface area contributed by atoms with E-state index in [4.69, 9.17) is 14.7 Å². The number of nitro groups is 1. The van der Waals surface area contributed by atoms with E-state index in [9.17, 15) is 24.8 Å². The summed E-state index contributed by atoms with van der Waals surface area (Å²) in [5.41, 5.74) is 6.41. The molecule has 3 atom stereocenters. The number of benzene rings is 3. The van der Waals surface area contributed by atoms with Gasteiger partial charge >= 0.3 is 0 Å². The summed E-state index contributed by atoms with van der Waals surface area (Å²) in [6.07, 6.45) is 3.59. The van der Waals surface area contributed by atoms with Gasteiger partial charge in [0.25, 0.3) is 5.69 Å². The third-order valence-corrected chi connectivity index (χ3v) is 9.30. The molecule has 0 radical (unpaired) electrons. The van der Waals surface area contributed by atoms with Gasteiger partial charge in [0.05, 0.1) is 23.7 Å². The second kappa shape index (κ2) is 18.6. The van der Waals surface area contributed by atoms with Gasteiger partial charge in [0.2, 0.25) is 11.8 Å². The summed E-state index contributed by atoms with van der Waals surface area (Å²) in [5, 5.41) is 32.1. The van der Waals surface area contributed by atoms with Crippen LogP contribution in [0.1, 0.15) is 79.6 Å². The maximum atomic E-state index is 12.4. The molecule has 50 heavy (non-hydrogen) atoms. The summed E-state index contributed by atoms with van der Waals surface area (Å²) in [6.45, 7) is 4.41. The van der Waals surface area contributed by atoms with Crippen LogP contribution in [0.3, 0.4) is 0 Å². The Bertz CT molecular complexity index is 1530. The number of hydrogen-bond acceptors (Lipinski definition) is 10. The molecule has 13 nitrogen and oxygen atoms in total. The second-order valence-electron chi connectivity index (χ2n) is 12.9. The van der Waals surface area contributed by atoms with Crippen LogP contribution in [0.25, 0.3) is 0 Å². The first-order valence-corrected chi connectivity index (χ1v) is 17.3.